The average Bonchev–Trinajstić information content (AvgIpc) is 2.63. The average molecular weight is 345 g/mol. The van der Waals surface area contributed by atoms with Crippen molar-refractivity contribution in [2.75, 3.05) is 0 Å². The molecule has 1 unspecified atom stereocenters. The van der Waals surface area contributed by atoms with Crippen molar-refractivity contribution in [1.29, 1.82) is 0 Å². The first-order valence-corrected chi connectivity index (χ1v) is 10.9. The highest BCUT2D eigenvalue weighted by Crippen LogP contribution is 2.36. The zero-order valence-corrected chi connectivity index (χ0v) is 18.6. The summed E-state index contributed by atoms with van der Waals surface area (Å²) in [5.74, 6) is 1.80. The fraction of sp³-hybridized carbons (Fsp3) is 0.913. The van der Waals surface area contributed by atoms with Crippen LogP contribution in [0.5, 0.6) is 0 Å². The first kappa shape index (κ1) is 31.5. The summed E-state index contributed by atoms with van der Waals surface area (Å²) < 4.78 is 0. The lowest BCUT2D eigenvalue weighted by molar-refractivity contribution is 0.260. The lowest BCUT2D eigenvalue weighted by Crippen LogP contribution is -2.18. The van der Waals surface area contributed by atoms with E-state index in [1.54, 1.807) is 0 Å². The summed E-state index contributed by atoms with van der Waals surface area (Å²) >= 11 is 0. The van der Waals surface area contributed by atoms with Crippen molar-refractivity contribution >= 4 is 0 Å². The van der Waals surface area contributed by atoms with Gasteiger partial charge < -0.3 is 5.48 Å². The zero-order chi connectivity index (χ0) is 18.5. The second kappa shape index (κ2) is 27.5. The maximum atomic E-state index is 4.25. The third-order valence-electron chi connectivity index (χ3n) is 4.47. The van der Waals surface area contributed by atoms with Gasteiger partial charge in [0.05, 0.1) is 0 Å². The Morgan fingerprint density at radius 2 is 1.29 bits per heavy atom. The fourth-order valence-corrected chi connectivity index (χ4v) is 3.39. The van der Waals surface area contributed by atoms with Crippen molar-refractivity contribution in [3.63, 3.8) is 0 Å². The summed E-state index contributed by atoms with van der Waals surface area (Å²) in [6, 6.07) is 0. The van der Waals surface area contributed by atoms with Crippen LogP contribution in [0.25, 0.3) is 0 Å². The molecule has 150 valence electrons. The monoisotopic (exact) mass is 344 g/mol. The Kier molecular flexibility index (Phi) is 36.1. The minimum Gasteiger partial charge on any atom is -0.412 e. The minimum atomic E-state index is 0. The summed E-state index contributed by atoms with van der Waals surface area (Å²) in [6.07, 6.45) is 15.8. The van der Waals surface area contributed by atoms with E-state index in [2.05, 4.69) is 20.4 Å². The van der Waals surface area contributed by atoms with E-state index in [0.29, 0.717) is 0 Å². The Morgan fingerprint density at radius 3 is 1.71 bits per heavy atom. The van der Waals surface area contributed by atoms with E-state index in [1.807, 2.05) is 41.5 Å². The summed E-state index contributed by atoms with van der Waals surface area (Å²) in [7, 11) is 0. The Morgan fingerprint density at radius 1 is 0.833 bits per heavy atom. The van der Waals surface area contributed by atoms with Crippen LogP contribution >= 0.6 is 0 Å². The van der Waals surface area contributed by atoms with Crippen molar-refractivity contribution in [2.24, 2.45) is 11.8 Å². The lowest BCUT2D eigenvalue weighted by Gasteiger charge is -2.31. The number of rotatable bonds is 8. The maximum absolute atomic E-state index is 4.25. The van der Waals surface area contributed by atoms with Gasteiger partial charge in [-0.1, -0.05) is 112 Å². The van der Waals surface area contributed by atoms with Crippen LogP contribution in [-0.2, 0) is 0 Å². The second-order valence-corrected chi connectivity index (χ2v) is 6.05. The van der Waals surface area contributed by atoms with Gasteiger partial charge in [0.2, 0.25) is 0 Å². The molecule has 2 N–H and O–H groups in total. The molecule has 0 amide bonds. The molecule has 1 fully saturated rings. The lowest BCUT2D eigenvalue weighted by atomic mass is 9.75. The fourth-order valence-electron chi connectivity index (χ4n) is 3.39. The first-order valence-electron chi connectivity index (χ1n) is 10.9. The molecule has 0 saturated heterocycles. The number of hydrogen-bond donors (Lipinski definition) is 0. The Bertz CT molecular complexity index is 204. The largest absolute Gasteiger partial charge is 0.412 e. The molecule has 24 heavy (non-hydrogen) atoms. The molecule has 0 aliphatic heterocycles. The number of allylic oxidation sites excluding steroid dienone is 1. The van der Waals surface area contributed by atoms with E-state index >= 15 is 0 Å². The molecule has 1 rings (SSSR count). The van der Waals surface area contributed by atoms with Crippen LogP contribution < -0.4 is 0 Å². The second-order valence-electron chi connectivity index (χ2n) is 6.05. The Labute approximate surface area is 156 Å². The van der Waals surface area contributed by atoms with Gasteiger partial charge in [0.15, 0.2) is 0 Å². The van der Waals surface area contributed by atoms with E-state index < -0.39 is 0 Å². The van der Waals surface area contributed by atoms with Gasteiger partial charge in [-0.25, -0.2) is 0 Å². The van der Waals surface area contributed by atoms with Gasteiger partial charge in [0.25, 0.3) is 0 Å². The smallest absolute Gasteiger partial charge is 0.0180 e. The highest BCUT2D eigenvalue weighted by molar-refractivity contribution is 4.99. The summed E-state index contributed by atoms with van der Waals surface area (Å²) in [5, 5.41) is 0. The van der Waals surface area contributed by atoms with Gasteiger partial charge in [-0.15, -0.1) is 0 Å². The quantitative estimate of drug-likeness (QED) is 0.313. The molecule has 0 aromatic heterocycles. The standard InChI is InChI=1S/C17H32.3C2H6.H2O/c1-4-5-6-7-11-14-17(15(2)3)16-12-9-8-10-13-16;3*1-2;/h16-17H,2,4-14H2,1,3H3;3*1-2H3;1H2. The van der Waals surface area contributed by atoms with E-state index in [1.165, 1.54) is 76.2 Å². The van der Waals surface area contributed by atoms with E-state index in [-0.39, 0.29) is 5.48 Å². The van der Waals surface area contributed by atoms with Crippen molar-refractivity contribution < 1.29 is 5.48 Å². The number of unbranched alkanes of at least 4 members (excludes halogenated alkanes) is 4. The van der Waals surface area contributed by atoms with Crippen molar-refractivity contribution in [2.45, 2.75) is 126 Å². The van der Waals surface area contributed by atoms with Gasteiger partial charge in [0.1, 0.15) is 0 Å². The first-order chi connectivity index (χ1) is 11.3. The molecule has 1 atom stereocenters. The molecule has 1 nitrogen and oxygen atoms in total. The van der Waals surface area contributed by atoms with E-state index in [9.17, 15) is 0 Å². The van der Waals surface area contributed by atoms with Gasteiger partial charge in [-0.3, -0.25) is 0 Å². The zero-order valence-electron chi connectivity index (χ0n) is 18.6. The SMILES string of the molecule is C=C(C)C(CCCCCCC)C1CCCCC1.CC.CC.CC.O. The third kappa shape index (κ3) is 18.0. The summed E-state index contributed by atoms with van der Waals surface area (Å²) in [5.41, 5.74) is 1.45. The molecule has 1 heteroatoms. The third-order valence-corrected chi connectivity index (χ3v) is 4.47. The van der Waals surface area contributed by atoms with E-state index in [0.717, 1.165) is 11.8 Å². The minimum absolute atomic E-state index is 0. The van der Waals surface area contributed by atoms with Crippen LogP contribution in [0.1, 0.15) is 126 Å². The molecule has 0 radical (unpaired) electrons. The molecule has 0 aromatic rings. The van der Waals surface area contributed by atoms with Crippen molar-refractivity contribution in [1.82, 2.24) is 0 Å². The molecule has 0 bridgehead atoms. The molecule has 0 aromatic carbocycles. The molecular formula is C23H52O. The Balaban J connectivity index is -0.000000256. The normalized spacial score (nSPS) is 14.3. The predicted molar refractivity (Wildman–Crippen MR) is 116 cm³/mol. The van der Waals surface area contributed by atoms with Gasteiger partial charge in [0, 0.05) is 0 Å². The van der Waals surface area contributed by atoms with Crippen molar-refractivity contribution in [3.05, 3.63) is 12.2 Å². The van der Waals surface area contributed by atoms with Gasteiger partial charge in [-0.2, -0.15) is 0 Å². The van der Waals surface area contributed by atoms with Crippen LogP contribution in [0, 0.1) is 11.8 Å². The molecule has 1 aliphatic rings. The van der Waals surface area contributed by atoms with Crippen molar-refractivity contribution in [3.8, 4) is 0 Å². The van der Waals surface area contributed by atoms with Crippen LogP contribution in [0.15, 0.2) is 12.2 Å². The predicted octanol–water partition coefficient (Wildman–Crippen LogP) is 8.37. The Hall–Kier alpha value is -0.300. The topological polar surface area (TPSA) is 31.5 Å². The van der Waals surface area contributed by atoms with Crippen LogP contribution in [0.4, 0.5) is 0 Å². The van der Waals surface area contributed by atoms with Crippen LogP contribution in [0.2, 0.25) is 0 Å². The highest BCUT2D eigenvalue weighted by atomic mass is 16.0. The highest BCUT2D eigenvalue weighted by Gasteiger charge is 2.23. The molecular weight excluding hydrogens is 292 g/mol. The van der Waals surface area contributed by atoms with E-state index in [4.69, 9.17) is 0 Å². The number of hydrogen-bond acceptors (Lipinski definition) is 0. The molecule has 0 heterocycles. The summed E-state index contributed by atoms with van der Waals surface area (Å²) in [6.45, 7) is 20.8. The van der Waals surface area contributed by atoms with Gasteiger partial charge in [-0.05, 0) is 38.0 Å². The molecule has 0 spiro atoms. The summed E-state index contributed by atoms with van der Waals surface area (Å²) in [4.78, 5) is 0. The molecule has 1 aliphatic carbocycles. The maximum Gasteiger partial charge on any atom is -0.0180 e. The van der Waals surface area contributed by atoms with Gasteiger partial charge >= 0.3 is 0 Å². The van der Waals surface area contributed by atoms with Crippen LogP contribution in [-0.4, -0.2) is 5.48 Å². The van der Waals surface area contributed by atoms with Crippen LogP contribution in [0.3, 0.4) is 0 Å². The molecule has 1 saturated carbocycles.